The van der Waals surface area contributed by atoms with Gasteiger partial charge < -0.3 is 15.6 Å². The number of aliphatic hydroxyl groups is 1. The molecule has 66 valence electrons. The lowest BCUT2D eigenvalue weighted by atomic mass is 10.1. The van der Waals surface area contributed by atoms with Crippen LogP contribution in [-0.4, -0.2) is 5.11 Å². The highest BCUT2D eigenvalue weighted by molar-refractivity contribution is 5.69. The highest BCUT2D eigenvalue weighted by atomic mass is 16.5. The largest absolute Gasteiger partial charge is 0.505 e. The third-order valence-corrected chi connectivity index (χ3v) is 1.86. The van der Waals surface area contributed by atoms with Crippen molar-refractivity contribution in [2.75, 3.05) is 0 Å². The Kier molecular flexibility index (Phi) is 1.70. The second-order valence-corrected chi connectivity index (χ2v) is 2.72. The summed E-state index contributed by atoms with van der Waals surface area (Å²) in [6, 6.07) is 7.18. The molecule has 0 amide bonds. The van der Waals surface area contributed by atoms with Crippen LogP contribution in [0.3, 0.4) is 0 Å². The molecule has 0 atom stereocenters. The molecule has 3 N–H and O–H groups in total. The van der Waals surface area contributed by atoms with Crippen LogP contribution in [0, 0.1) is 0 Å². The molecule has 0 unspecified atom stereocenters. The summed E-state index contributed by atoms with van der Waals surface area (Å²) in [4.78, 5) is 0. The highest BCUT2D eigenvalue weighted by Gasteiger charge is 2.11. The van der Waals surface area contributed by atoms with Crippen molar-refractivity contribution in [1.29, 1.82) is 0 Å². The van der Waals surface area contributed by atoms with Crippen molar-refractivity contribution in [2.24, 2.45) is 5.73 Å². The minimum atomic E-state index is 0.0596. The van der Waals surface area contributed by atoms with E-state index in [-0.39, 0.29) is 5.76 Å². The van der Waals surface area contributed by atoms with E-state index in [1.165, 1.54) is 12.3 Å². The molecule has 1 aliphatic rings. The Morgan fingerprint density at radius 3 is 2.85 bits per heavy atom. The molecule has 13 heavy (non-hydrogen) atoms. The van der Waals surface area contributed by atoms with Crippen molar-refractivity contribution < 1.29 is 9.84 Å². The molecule has 0 aromatic heterocycles. The molecular weight excluding hydrogens is 166 g/mol. The summed E-state index contributed by atoms with van der Waals surface area (Å²) in [5.74, 6) is 0.668. The van der Waals surface area contributed by atoms with Gasteiger partial charge in [-0.05, 0) is 18.2 Å². The topological polar surface area (TPSA) is 55.5 Å². The van der Waals surface area contributed by atoms with Gasteiger partial charge in [-0.2, -0.15) is 0 Å². The molecule has 0 radical (unpaired) electrons. The number of benzene rings is 1. The number of ether oxygens (including phenoxy) is 1. The van der Waals surface area contributed by atoms with E-state index in [0.29, 0.717) is 17.0 Å². The van der Waals surface area contributed by atoms with Gasteiger partial charge in [0.2, 0.25) is 0 Å². The number of aliphatic hydroxyl groups excluding tert-OH is 1. The highest BCUT2D eigenvalue weighted by Crippen LogP contribution is 2.27. The van der Waals surface area contributed by atoms with Gasteiger partial charge in [-0.15, -0.1) is 0 Å². The Labute approximate surface area is 75.8 Å². The number of hydrogen-bond acceptors (Lipinski definition) is 3. The number of nitrogens with two attached hydrogens (primary N) is 1. The van der Waals surface area contributed by atoms with Crippen LogP contribution in [0.5, 0.6) is 5.75 Å². The molecule has 1 aliphatic heterocycles. The van der Waals surface area contributed by atoms with Crippen LogP contribution in [-0.2, 0) is 0 Å². The summed E-state index contributed by atoms with van der Waals surface area (Å²) in [6.07, 6.45) is 2.98. The number of para-hydroxylation sites is 1. The van der Waals surface area contributed by atoms with Crippen molar-refractivity contribution in [3.05, 3.63) is 47.9 Å². The first-order valence-electron chi connectivity index (χ1n) is 3.90. The fourth-order valence-electron chi connectivity index (χ4n) is 1.18. The van der Waals surface area contributed by atoms with Crippen molar-refractivity contribution in [3.8, 4) is 5.75 Å². The lowest BCUT2D eigenvalue weighted by molar-refractivity contribution is 0.471. The molecule has 0 aliphatic carbocycles. The molecule has 0 saturated heterocycles. The van der Waals surface area contributed by atoms with Crippen LogP contribution in [0.1, 0.15) is 5.56 Å². The van der Waals surface area contributed by atoms with Gasteiger partial charge in [0, 0.05) is 0 Å². The standard InChI is InChI=1S/C10H9NO2/c11-8-5-6-13-9-4-2-1-3-7(9)10(8)12/h1-6,12H,11H2. The lowest BCUT2D eigenvalue weighted by Gasteiger charge is -2.04. The van der Waals surface area contributed by atoms with E-state index in [0.717, 1.165) is 0 Å². The lowest BCUT2D eigenvalue weighted by Crippen LogP contribution is -1.97. The third-order valence-electron chi connectivity index (χ3n) is 1.86. The Balaban J connectivity index is 2.63. The summed E-state index contributed by atoms with van der Waals surface area (Å²) in [7, 11) is 0. The van der Waals surface area contributed by atoms with Crippen LogP contribution in [0.15, 0.2) is 42.3 Å². The molecule has 0 fully saturated rings. The summed E-state index contributed by atoms with van der Waals surface area (Å²) in [5.41, 5.74) is 6.48. The van der Waals surface area contributed by atoms with Crippen LogP contribution in [0.4, 0.5) is 0 Å². The normalized spacial score (nSPS) is 14.8. The summed E-state index contributed by atoms with van der Waals surface area (Å²) >= 11 is 0. The maximum absolute atomic E-state index is 9.63. The van der Waals surface area contributed by atoms with Crippen LogP contribution >= 0.6 is 0 Å². The first kappa shape index (κ1) is 7.73. The Morgan fingerprint density at radius 1 is 1.23 bits per heavy atom. The second kappa shape index (κ2) is 2.86. The summed E-state index contributed by atoms with van der Waals surface area (Å²) < 4.78 is 5.23. The van der Waals surface area contributed by atoms with Crippen molar-refractivity contribution in [3.63, 3.8) is 0 Å². The van der Waals surface area contributed by atoms with Crippen molar-refractivity contribution in [2.45, 2.75) is 0 Å². The van der Waals surface area contributed by atoms with Crippen LogP contribution in [0.25, 0.3) is 5.76 Å². The molecule has 3 nitrogen and oxygen atoms in total. The molecule has 1 aromatic rings. The first-order valence-corrected chi connectivity index (χ1v) is 3.90. The van der Waals surface area contributed by atoms with Gasteiger partial charge in [0.1, 0.15) is 11.5 Å². The predicted molar refractivity (Wildman–Crippen MR) is 49.9 cm³/mol. The predicted octanol–water partition coefficient (Wildman–Crippen LogP) is 1.78. The van der Waals surface area contributed by atoms with E-state index in [1.54, 1.807) is 12.1 Å². The number of allylic oxidation sites excluding steroid dienone is 1. The Hall–Kier alpha value is -1.90. The van der Waals surface area contributed by atoms with Gasteiger partial charge in [0.25, 0.3) is 0 Å². The summed E-state index contributed by atoms with van der Waals surface area (Å²) in [5, 5.41) is 9.63. The maximum atomic E-state index is 9.63. The average Bonchev–Trinajstić information content (AvgIpc) is 2.29. The summed E-state index contributed by atoms with van der Waals surface area (Å²) in [6.45, 7) is 0. The minimum Gasteiger partial charge on any atom is -0.505 e. The number of rotatable bonds is 0. The van der Waals surface area contributed by atoms with Gasteiger partial charge in [-0.3, -0.25) is 0 Å². The van der Waals surface area contributed by atoms with Gasteiger partial charge in [-0.25, -0.2) is 0 Å². The number of fused-ring (bicyclic) bond motifs is 1. The average molecular weight is 175 g/mol. The van der Waals surface area contributed by atoms with E-state index < -0.39 is 0 Å². The van der Waals surface area contributed by atoms with Crippen LogP contribution in [0.2, 0.25) is 0 Å². The van der Waals surface area contributed by atoms with Gasteiger partial charge in [0.15, 0.2) is 0 Å². The Bertz CT molecular complexity index is 394. The smallest absolute Gasteiger partial charge is 0.149 e. The molecular formula is C10H9NO2. The van der Waals surface area contributed by atoms with E-state index in [1.807, 2.05) is 12.1 Å². The molecule has 0 spiro atoms. The van der Waals surface area contributed by atoms with Crippen molar-refractivity contribution >= 4 is 5.76 Å². The van der Waals surface area contributed by atoms with E-state index in [4.69, 9.17) is 10.5 Å². The zero-order valence-corrected chi connectivity index (χ0v) is 6.90. The number of hydrogen-bond donors (Lipinski definition) is 2. The van der Waals surface area contributed by atoms with Crippen molar-refractivity contribution in [1.82, 2.24) is 0 Å². The molecule has 1 heterocycles. The first-order chi connectivity index (χ1) is 6.29. The fraction of sp³-hybridized carbons (Fsp3) is 0. The van der Waals surface area contributed by atoms with Gasteiger partial charge >= 0.3 is 0 Å². The molecule has 2 rings (SSSR count). The monoisotopic (exact) mass is 175 g/mol. The van der Waals surface area contributed by atoms with Gasteiger partial charge in [-0.1, -0.05) is 12.1 Å². The zero-order chi connectivity index (χ0) is 9.26. The molecule has 1 aromatic carbocycles. The van der Waals surface area contributed by atoms with E-state index >= 15 is 0 Å². The molecule has 3 heteroatoms. The SMILES string of the molecule is NC1=C(O)c2ccccc2OC=C1. The maximum Gasteiger partial charge on any atom is 0.149 e. The molecule has 0 saturated carbocycles. The fourth-order valence-corrected chi connectivity index (χ4v) is 1.18. The molecule has 0 bridgehead atoms. The van der Waals surface area contributed by atoms with Gasteiger partial charge in [0.05, 0.1) is 17.5 Å². The Morgan fingerprint density at radius 2 is 2.00 bits per heavy atom. The second-order valence-electron chi connectivity index (χ2n) is 2.72. The van der Waals surface area contributed by atoms with E-state index in [2.05, 4.69) is 0 Å². The minimum absolute atomic E-state index is 0.0596. The van der Waals surface area contributed by atoms with Crippen LogP contribution < -0.4 is 10.5 Å². The third kappa shape index (κ3) is 1.24. The quantitative estimate of drug-likeness (QED) is 0.631. The van der Waals surface area contributed by atoms with E-state index in [9.17, 15) is 5.11 Å². The zero-order valence-electron chi connectivity index (χ0n) is 6.90.